The monoisotopic (exact) mass is 367 g/mol. The predicted molar refractivity (Wildman–Crippen MR) is 108 cm³/mol. The van der Waals surface area contributed by atoms with Gasteiger partial charge in [-0.25, -0.2) is 4.79 Å². The number of methoxy groups -OCH3 is 1. The SMILES string of the molecule is COc1ccc2ccccc2c1CNC(=O)N1CC[C@H](N2CCCCC2)C1. The predicted octanol–water partition coefficient (Wildman–Crippen LogP) is 3.62. The van der Waals surface area contributed by atoms with E-state index in [9.17, 15) is 4.79 Å². The van der Waals surface area contributed by atoms with Crippen molar-refractivity contribution >= 4 is 16.8 Å². The maximum Gasteiger partial charge on any atom is 0.317 e. The molecule has 2 aromatic carbocycles. The van der Waals surface area contributed by atoms with Crippen LogP contribution in [-0.4, -0.2) is 55.2 Å². The fourth-order valence-electron chi connectivity index (χ4n) is 4.47. The third-order valence-electron chi connectivity index (χ3n) is 5.99. The van der Waals surface area contributed by atoms with Crippen molar-refractivity contribution in [2.24, 2.45) is 0 Å². The fourth-order valence-corrected chi connectivity index (χ4v) is 4.47. The first kappa shape index (κ1) is 18.1. The van der Waals surface area contributed by atoms with Crippen molar-refractivity contribution in [1.29, 1.82) is 0 Å². The number of carbonyl (C=O) groups excluding carboxylic acids is 1. The van der Waals surface area contributed by atoms with Crippen LogP contribution < -0.4 is 10.1 Å². The van der Waals surface area contributed by atoms with E-state index in [-0.39, 0.29) is 6.03 Å². The average molecular weight is 367 g/mol. The van der Waals surface area contributed by atoms with Crippen LogP contribution in [0.4, 0.5) is 4.79 Å². The van der Waals surface area contributed by atoms with E-state index in [2.05, 4.69) is 28.4 Å². The van der Waals surface area contributed by atoms with Gasteiger partial charge >= 0.3 is 6.03 Å². The van der Waals surface area contributed by atoms with Gasteiger partial charge in [-0.2, -0.15) is 0 Å². The van der Waals surface area contributed by atoms with Gasteiger partial charge in [0.1, 0.15) is 5.75 Å². The highest BCUT2D eigenvalue weighted by atomic mass is 16.5. The van der Waals surface area contributed by atoms with Crippen LogP contribution in [0, 0.1) is 0 Å². The third-order valence-corrected chi connectivity index (χ3v) is 5.99. The van der Waals surface area contributed by atoms with Gasteiger partial charge in [-0.15, -0.1) is 0 Å². The highest BCUT2D eigenvalue weighted by molar-refractivity contribution is 5.88. The highest BCUT2D eigenvalue weighted by Crippen LogP contribution is 2.28. The number of nitrogens with zero attached hydrogens (tertiary/aromatic N) is 2. The fraction of sp³-hybridized carbons (Fsp3) is 0.500. The summed E-state index contributed by atoms with van der Waals surface area (Å²) in [5, 5.41) is 5.41. The van der Waals surface area contributed by atoms with Crippen molar-refractivity contribution in [3.63, 3.8) is 0 Å². The van der Waals surface area contributed by atoms with Gasteiger partial charge in [0.2, 0.25) is 0 Å². The molecule has 2 amide bonds. The van der Waals surface area contributed by atoms with Gasteiger partial charge in [0.15, 0.2) is 0 Å². The Morgan fingerprint density at radius 3 is 2.74 bits per heavy atom. The first-order valence-corrected chi connectivity index (χ1v) is 10.1. The summed E-state index contributed by atoms with van der Waals surface area (Å²) in [4.78, 5) is 17.3. The molecule has 0 saturated carbocycles. The molecule has 2 aliphatic heterocycles. The lowest BCUT2D eigenvalue weighted by atomic mass is 10.0. The number of benzene rings is 2. The third kappa shape index (κ3) is 3.88. The van der Waals surface area contributed by atoms with Gasteiger partial charge in [0.05, 0.1) is 7.11 Å². The molecule has 4 rings (SSSR count). The van der Waals surface area contributed by atoms with Crippen LogP contribution in [0.2, 0.25) is 0 Å². The van der Waals surface area contributed by atoms with E-state index < -0.39 is 0 Å². The zero-order valence-corrected chi connectivity index (χ0v) is 16.1. The van der Waals surface area contributed by atoms with Crippen molar-refractivity contribution in [3.8, 4) is 5.75 Å². The van der Waals surface area contributed by atoms with Gasteiger partial charge in [-0.3, -0.25) is 4.90 Å². The molecule has 0 aliphatic carbocycles. The van der Waals surface area contributed by atoms with Crippen LogP contribution in [0.3, 0.4) is 0 Å². The number of rotatable bonds is 4. The van der Waals surface area contributed by atoms with Crippen LogP contribution >= 0.6 is 0 Å². The number of likely N-dealkylation sites (tertiary alicyclic amines) is 2. The molecule has 2 fully saturated rings. The molecule has 2 aliphatic rings. The second-order valence-electron chi connectivity index (χ2n) is 7.61. The molecule has 0 bridgehead atoms. The largest absolute Gasteiger partial charge is 0.496 e. The van der Waals surface area contributed by atoms with E-state index in [0.717, 1.165) is 41.6 Å². The molecular weight excluding hydrogens is 338 g/mol. The molecule has 0 unspecified atom stereocenters. The summed E-state index contributed by atoms with van der Waals surface area (Å²) in [6.45, 7) is 4.55. The smallest absolute Gasteiger partial charge is 0.317 e. The summed E-state index contributed by atoms with van der Waals surface area (Å²) in [5.41, 5.74) is 1.04. The first-order chi connectivity index (χ1) is 13.3. The zero-order valence-electron chi connectivity index (χ0n) is 16.1. The van der Waals surface area contributed by atoms with Crippen LogP contribution in [-0.2, 0) is 6.54 Å². The highest BCUT2D eigenvalue weighted by Gasteiger charge is 2.30. The summed E-state index contributed by atoms with van der Waals surface area (Å²) in [5.74, 6) is 0.821. The van der Waals surface area contributed by atoms with E-state index in [4.69, 9.17) is 4.74 Å². The maximum atomic E-state index is 12.7. The number of urea groups is 1. The number of hydrogen-bond acceptors (Lipinski definition) is 3. The molecule has 5 nitrogen and oxygen atoms in total. The number of nitrogens with one attached hydrogen (secondary N) is 1. The Morgan fingerprint density at radius 2 is 1.93 bits per heavy atom. The molecule has 1 N–H and O–H groups in total. The van der Waals surface area contributed by atoms with E-state index in [1.807, 2.05) is 23.1 Å². The average Bonchev–Trinajstić information content (AvgIpc) is 3.22. The first-order valence-electron chi connectivity index (χ1n) is 10.1. The Kier molecular flexibility index (Phi) is 5.48. The quantitative estimate of drug-likeness (QED) is 0.898. The molecule has 0 aromatic heterocycles. The number of fused-ring (bicyclic) bond motifs is 1. The minimum atomic E-state index is 0.0319. The molecular formula is C22H29N3O2. The van der Waals surface area contributed by atoms with E-state index in [1.54, 1.807) is 7.11 Å². The summed E-state index contributed by atoms with van der Waals surface area (Å²) < 4.78 is 5.54. The number of amides is 2. The van der Waals surface area contributed by atoms with E-state index in [1.165, 1.54) is 32.4 Å². The zero-order chi connectivity index (χ0) is 18.6. The maximum absolute atomic E-state index is 12.7. The molecule has 2 aromatic rings. The van der Waals surface area contributed by atoms with Gasteiger partial charge in [-0.1, -0.05) is 36.8 Å². The Balaban J connectivity index is 1.40. The van der Waals surface area contributed by atoms with Crippen LogP contribution in [0.15, 0.2) is 36.4 Å². The van der Waals surface area contributed by atoms with Gasteiger partial charge in [-0.05, 0) is 49.2 Å². The van der Waals surface area contributed by atoms with Crippen molar-refractivity contribution in [2.75, 3.05) is 33.3 Å². The van der Waals surface area contributed by atoms with E-state index in [0.29, 0.717) is 12.6 Å². The van der Waals surface area contributed by atoms with Crippen molar-refractivity contribution in [1.82, 2.24) is 15.1 Å². The number of hydrogen-bond donors (Lipinski definition) is 1. The Morgan fingerprint density at radius 1 is 1.11 bits per heavy atom. The molecule has 2 heterocycles. The lowest BCUT2D eigenvalue weighted by molar-refractivity contribution is 0.161. The number of carbonyl (C=O) groups is 1. The standard InChI is InChI=1S/C22H29N3O2/c1-27-21-10-9-17-7-3-4-8-19(17)20(21)15-23-22(26)25-14-11-18(16-25)24-12-5-2-6-13-24/h3-4,7-10,18H,2,5-6,11-16H2,1H3,(H,23,26)/t18-/m0/s1. The van der Waals surface area contributed by atoms with Crippen molar-refractivity contribution < 1.29 is 9.53 Å². The number of ether oxygens (including phenoxy) is 1. The van der Waals surface area contributed by atoms with Crippen LogP contribution in [0.1, 0.15) is 31.2 Å². The molecule has 0 spiro atoms. The second-order valence-corrected chi connectivity index (χ2v) is 7.61. The van der Waals surface area contributed by atoms with Gasteiger partial charge in [0.25, 0.3) is 0 Å². The Labute approximate surface area is 161 Å². The van der Waals surface area contributed by atoms with E-state index >= 15 is 0 Å². The normalized spacial score (nSPS) is 20.8. The molecule has 0 radical (unpaired) electrons. The Hall–Kier alpha value is -2.27. The molecule has 1 atom stereocenters. The summed E-state index contributed by atoms with van der Waals surface area (Å²) >= 11 is 0. The molecule has 144 valence electrons. The molecule has 27 heavy (non-hydrogen) atoms. The van der Waals surface area contributed by atoms with Gasteiger partial charge in [0, 0.05) is 31.2 Å². The summed E-state index contributed by atoms with van der Waals surface area (Å²) in [6.07, 6.45) is 5.03. The lowest BCUT2D eigenvalue weighted by Crippen LogP contribution is -2.43. The van der Waals surface area contributed by atoms with Crippen LogP contribution in [0.5, 0.6) is 5.75 Å². The topological polar surface area (TPSA) is 44.8 Å². The Bertz CT molecular complexity index is 801. The van der Waals surface area contributed by atoms with Gasteiger partial charge < -0.3 is 15.0 Å². The lowest BCUT2D eigenvalue weighted by Gasteiger charge is -2.32. The summed E-state index contributed by atoms with van der Waals surface area (Å²) in [6, 6.07) is 12.8. The summed E-state index contributed by atoms with van der Waals surface area (Å²) in [7, 11) is 1.68. The minimum Gasteiger partial charge on any atom is -0.496 e. The van der Waals surface area contributed by atoms with Crippen molar-refractivity contribution in [2.45, 2.75) is 38.3 Å². The minimum absolute atomic E-state index is 0.0319. The van der Waals surface area contributed by atoms with Crippen LogP contribution in [0.25, 0.3) is 10.8 Å². The second kappa shape index (κ2) is 8.17. The number of piperidine rings is 1. The molecule has 5 heteroatoms. The molecule has 2 saturated heterocycles. The van der Waals surface area contributed by atoms with Crippen molar-refractivity contribution in [3.05, 3.63) is 42.0 Å².